The van der Waals surface area contributed by atoms with Crippen molar-refractivity contribution in [1.29, 1.82) is 0 Å². The Hall–Kier alpha value is -2.19. The summed E-state index contributed by atoms with van der Waals surface area (Å²) in [5.41, 5.74) is -0.738. The van der Waals surface area contributed by atoms with Crippen molar-refractivity contribution in [3.63, 3.8) is 0 Å². The number of rotatable bonds is 8. The van der Waals surface area contributed by atoms with E-state index in [1.54, 1.807) is 17.9 Å². The summed E-state index contributed by atoms with van der Waals surface area (Å²) in [5.74, 6) is -0.118. The quantitative estimate of drug-likeness (QED) is 0.530. The second-order valence-corrected chi connectivity index (χ2v) is 7.79. The molecule has 4 atom stereocenters. The zero-order valence-corrected chi connectivity index (χ0v) is 16.7. The molecule has 1 spiro atoms. The van der Waals surface area contributed by atoms with Crippen LogP contribution in [0.1, 0.15) is 26.0 Å². The lowest BCUT2D eigenvalue weighted by Crippen LogP contribution is -2.44. The lowest BCUT2D eigenvalue weighted by Gasteiger charge is -2.23. The highest BCUT2D eigenvalue weighted by molar-refractivity contribution is 6.02. The van der Waals surface area contributed by atoms with Crippen molar-refractivity contribution in [2.75, 3.05) is 37.6 Å². The monoisotopic (exact) mass is 388 g/mol. The van der Waals surface area contributed by atoms with Crippen LogP contribution < -0.4 is 10.2 Å². The van der Waals surface area contributed by atoms with Crippen LogP contribution in [-0.2, 0) is 14.3 Å². The lowest BCUT2D eigenvalue weighted by atomic mass is 9.77. The average molecular weight is 388 g/mol. The predicted molar refractivity (Wildman–Crippen MR) is 103 cm³/mol. The molecule has 152 valence electrons. The van der Waals surface area contributed by atoms with Gasteiger partial charge < -0.3 is 19.5 Å². The van der Waals surface area contributed by atoms with Gasteiger partial charge in [-0.2, -0.15) is 0 Å². The Bertz CT molecular complexity index is 787. The highest BCUT2D eigenvalue weighted by Gasteiger charge is 2.67. The molecule has 3 aliphatic rings. The van der Waals surface area contributed by atoms with Gasteiger partial charge in [0.15, 0.2) is 5.82 Å². The molecule has 4 rings (SSSR count). The van der Waals surface area contributed by atoms with Gasteiger partial charge in [0.05, 0.1) is 24.5 Å². The number of nitrogens with one attached hydrogen (secondary N) is 1. The Labute approximate surface area is 164 Å². The first kappa shape index (κ1) is 19.1. The van der Waals surface area contributed by atoms with Gasteiger partial charge in [0, 0.05) is 12.6 Å². The minimum absolute atomic E-state index is 0.104. The number of aromatic nitrogens is 1. The normalized spacial score (nSPS) is 30.5. The van der Waals surface area contributed by atoms with Gasteiger partial charge in [-0.1, -0.05) is 31.2 Å². The molecule has 3 aliphatic heterocycles. The third-order valence-electron chi connectivity index (χ3n) is 6.14. The maximum atomic E-state index is 13.1. The Kier molecular flexibility index (Phi) is 5.01. The van der Waals surface area contributed by atoms with Crippen molar-refractivity contribution in [2.45, 2.75) is 38.9 Å². The van der Waals surface area contributed by atoms with Crippen LogP contribution in [0.3, 0.4) is 0 Å². The van der Waals surface area contributed by atoms with E-state index >= 15 is 0 Å². The first-order valence-electron chi connectivity index (χ1n) is 10.1. The summed E-state index contributed by atoms with van der Waals surface area (Å²) in [4.78, 5) is 29.9. The van der Waals surface area contributed by atoms with E-state index in [9.17, 15) is 9.59 Å². The third-order valence-corrected chi connectivity index (χ3v) is 6.14. The summed E-state index contributed by atoms with van der Waals surface area (Å²) >= 11 is 0. The number of amides is 2. The molecule has 0 saturated carbocycles. The van der Waals surface area contributed by atoms with Crippen LogP contribution in [0, 0.1) is 18.8 Å². The number of anilines is 1. The molecule has 0 aliphatic carbocycles. The Morgan fingerprint density at radius 3 is 2.89 bits per heavy atom. The molecule has 8 nitrogen and oxygen atoms in total. The van der Waals surface area contributed by atoms with Gasteiger partial charge in [0.2, 0.25) is 11.8 Å². The van der Waals surface area contributed by atoms with Crippen LogP contribution in [0.15, 0.2) is 22.7 Å². The Balaban J connectivity index is 1.42. The van der Waals surface area contributed by atoms with Gasteiger partial charge in [-0.25, -0.2) is 0 Å². The minimum Gasteiger partial charge on any atom is -0.360 e. The zero-order valence-electron chi connectivity index (χ0n) is 16.7. The van der Waals surface area contributed by atoms with E-state index in [2.05, 4.69) is 29.2 Å². The lowest BCUT2D eigenvalue weighted by molar-refractivity contribution is -0.131. The molecule has 1 aromatic rings. The number of nitrogens with zero attached hydrogens (tertiary/aromatic N) is 3. The molecule has 4 heterocycles. The largest absolute Gasteiger partial charge is 0.360 e. The summed E-state index contributed by atoms with van der Waals surface area (Å²) < 4.78 is 11.2. The number of carbonyl (C=O) groups excluding carboxylic acids is 2. The number of hydrogen-bond acceptors (Lipinski definition) is 6. The van der Waals surface area contributed by atoms with Gasteiger partial charge in [-0.15, -0.1) is 0 Å². The van der Waals surface area contributed by atoms with Gasteiger partial charge >= 0.3 is 0 Å². The molecule has 0 radical (unpaired) electrons. The van der Waals surface area contributed by atoms with Crippen LogP contribution in [0.25, 0.3) is 0 Å². The van der Waals surface area contributed by atoms with Crippen molar-refractivity contribution >= 4 is 17.6 Å². The molecule has 28 heavy (non-hydrogen) atoms. The summed E-state index contributed by atoms with van der Waals surface area (Å²) in [6.45, 7) is 9.97. The molecular weight excluding hydrogens is 360 g/mol. The second kappa shape index (κ2) is 7.33. The summed E-state index contributed by atoms with van der Waals surface area (Å²) in [6.07, 6.45) is 4.41. The number of aryl methyl sites for hydroxylation is 1. The van der Waals surface area contributed by atoms with Crippen LogP contribution in [-0.4, -0.2) is 66.3 Å². The van der Waals surface area contributed by atoms with Crippen molar-refractivity contribution in [2.24, 2.45) is 11.8 Å². The maximum absolute atomic E-state index is 13.1. The minimum atomic E-state index is -0.738. The summed E-state index contributed by atoms with van der Waals surface area (Å²) in [5, 5.41) is 6.98. The van der Waals surface area contributed by atoms with Crippen molar-refractivity contribution in [3.8, 4) is 0 Å². The standard InChI is InChI=1S/C20H28N4O4/c1-4-23(5-2)10-6-9-21-18(25)16-14-7-8-20(27-14)12-24(19(26)17(16)20)15-11-13(3)28-22-15/h7-8,11,14,16-17H,4-6,9-10,12H2,1-3H3,(H,21,25)/t14-,16+,17-,20+/m1/s1. The fraction of sp³-hybridized carbons (Fsp3) is 0.650. The maximum Gasteiger partial charge on any atom is 0.235 e. The van der Waals surface area contributed by atoms with Crippen molar-refractivity contribution in [1.82, 2.24) is 15.4 Å². The number of carbonyl (C=O) groups is 2. The van der Waals surface area contributed by atoms with Gasteiger partial charge in [0.25, 0.3) is 0 Å². The molecule has 1 N–H and O–H groups in total. The van der Waals surface area contributed by atoms with E-state index in [0.29, 0.717) is 24.7 Å². The van der Waals surface area contributed by atoms with Crippen LogP contribution >= 0.6 is 0 Å². The first-order valence-corrected chi connectivity index (χ1v) is 10.1. The molecule has 2 bridgehead atoms. The fourth-order valence-corrected chi connectivity index (χ4v) is 4.64. The number of hydrogen-bond donors (Lipinski definition) is 1. The van der Waals surface area contributed by atoms with Gasteiger partial charge in [-0.05, 0) is 33.0 Å². The van der Waals surface area contributed by atoms with Crippen molar-refractivity contribution in [3.05, 3.63) is 24.0 Å². The van der Waals surface area contributed by atoms with Gasteiger partial charge in [0.1, 0.15) is 11.4 Å². The van der Waals surface area contributed by atoms with E-state index in [1.807, 2.05) is 12.2 Å². The predicted octanol–water partition coefficient (Wildman–Crippen LogP) is 1.12. The second-order valence-electron chi connectivity index (χ2n) is 7.79. The first-order chi connectivity index (χ1) is 13.5. The molecule has 1 aromatic heterocycles. The third kappa shape index (κ3) is 3.04. The van der Waals surface area contributed by atoms with Crippen LogP contribution in [0.4, 0.5) is 5.82 Å². The molecule has 2 saturated heterocycles. The van der Waals surface area contributed by atoms with Gasteiger partial charge in [-0.3, -0.25) is 14.5 Å². The molecule has 0 aromatic carbocycles. The molecule has 0 unspecified atom stereocenters. The molecular formula is C20H28N4O4. The Morgan fingerprint density at radius 1 is 1.43 bits per heavy atom. The molecule has 2 amide bonds. The Morgan fingerprint density at radius 2 is 2.21 bits per heavy atom. The summed E-state index contributed by atoms with van der Waals surface area (Å²) in [7, 11) is 0. The van der Waals surface area contributed by atoms with E-state index in [0.717, 1.165) is 26.1 Å². The fourth-order valence-electron chi connectivity index (χ4n) is 4.64. The van der Waals surface area contributed by atoms with E-state index in [-0.39, 0.29) is 17.9 Å². The average Bonchev–Trinajstić information content (AvgIpc) is 3.43. The SMILES string of the molecule is CCN(CC)CCCNC(=O)[C@H]1[C@H]2C=C[C@@]3(CN(c4cc(C)on4)C(=O)[C@@H]13)O2. The van der Waals surface area contributed by atoms with E-state index in [1.165, 1.54) is 0 Å². The van der Waals surface area contributed by atoms with Crippen molar-refractivity contribution < 1.29 is 18.8 Å². The number of ether oxygens (including phenoxy) is 1. The number of fused-ring (bicyclic) bond motifs is 1. The smallest absolute Gasteiger partial charge is 0.235 e. The molecule has 2 fully saturated rings. The highest BCUT2D eigenvalue weighted by Crippen LogP contribution is 2.52. The zero-order chi connectivity index (χ0) is 19.9. The van der Waals surface area contributed by atoms with E-state index in [4.69, 9.17) is 9.26 Å². The van der Waals surface area contributed by atoms with Crippen LogP contribution in [0.2, 0.25) is 0 Å². The van der Waals surface area contributed by atoms with Crippen LogP contribution in [0.5, 0.6) is 0 Å². The summed E-state index contributed by atoms with van der Waals surface area (Å²) in [6, 6.07) is 1.73. The highest BCUT2D eigenvalue weighted by atomic mass is 16.5. The van der Waals surface area contributed by atoms with E-state index < -0.39 is 17.4 Å². The topological polar surface area (TPSA) is 87.9 Å². The molecule has 8 heteroatoms.